The standard InChI is InChI=1S/C14H19N.ClH/c1-4-11-15(12-5-2)13(3)14-9-7-6-8-10-14;/h4-10,13H,1-2,11-12H2,3H3;1H. The van der Waals surface area contributed by atoms with E-state index in [1.54, 1.807) is 0 Å². The second kappa shape index (κ2) is 8.14. The van der Waals surface area contributed by atoms with Crippen LogP contribution in [0.25, 0.3) is 0 Å². The summed E-state index contributed by atoms with van der Waals surface area (Å²) in [6.45, 7) is 11.6. The normalized spacial score (nSPS) is 11.6. The summed E-state index contributed by atoms with van der Waals surface area (Å²) < 4.78 is 0. The SMILES string of the molecule is C=CCN(CC=C)C(C)c1ccccc1.Cl. The first-order valence-electron chi connectivity index (χ1n) is 5.30. The minimum atomic E-state index is 0. The van der Waals surface area contributed by atoms with Gasteiger partial charge in [-0.2, -0.15) is 0 Å². The van der Waals surface area contributed by atoms with Crippen LogP contribution in [0.4, 0.5) is 0 Å². The van der Waals surface area contributed by atoms with E-state index in [0.717, 1.165) is 13.1 Å². The van der Waals surface area contributed by atoms with E-state index in [2.05, 4.69) is 49.2 Å². The van der Waals surface area contributed by atoms with Crippen molar-refractivity contribution in [3.8, 4) is 0 Å². The van der Waals surface area contributed by atoms with Gasteiger partial charge in [0.2, 0.25) is 0 Å². The molecular formula is C14H20ClN. The van der Waals surface area contributed by atoms with Gasteiger partial charge in [-0.25, -0.2) is 0 Å². The summed E-state index contributed by atoms with van der Waals surface area (Å²) in [6, 6.07) is 10.9. The molecule has 0 N–H and O–H groups in total. The Balaban J connectivity index is 0.00000225. The molecule has 1 rings (SSSR count). The van der Waals surface area contributed by atoms with Gasteiger partial charge in [0.25, 0.3) is 0 Å². The van der Waals surface area contributed by atoms with Crippen LogP contribution in [0.2, 0.25) is 0 Å². The molecule has 1 atom stereocenters. The van der Waals surface area contributed by atoms with Crippen molar-refractivity contribution < 1.29 is 0 Å². The second-order valence-corrected chi connectivity index (χ2v) is 3.62. The van der Waals surface area contributed by atoms with Crippen LogP contribution in [0.15, 0.2) is 55.6 Å². The summed E-state index contributed by atoms with van der Waals surface area (Å²) in [7, 11) is 0. The molecule has 0 saturated heterocycles. The van der Waals surface area contributed by atoms with Gasteiger partial charge in [-0.3, -0.25) is 4.90 Å². The summed E-state index contributed by atoms with van der Waals surface area (Å²) in [6.07, 6.45) is 3.87. The average molecular weight is 238 g/mol. The molecule has 1 aromatic carbocycles. The van der Waals surface area contributed by atoms with Gasteiger partial charge in [-0.15, -0.1) is 25.6 Å². The lowest BCUT2D eigenvalue weighted by Gasteiger charge is -2.27. The molecule has 2 heteroatoms. The Hall–Kier alpha value is -1.05. The van der Waals surface area contributed by atoms with E-state index in [-0.39, 0.29) is 12.4 Å². The third-order valence-corrected chi connectivity index (χ3v) is 2.56. The van der Waals surface area contributed by atoms with Crippen LogP contribution < -0.4 is 0 Å². The maximum Gasteiger partial charge on any atom is 0.0326 e. The van der Waals surface area contributed by atoms with E-state index in [9.17, 15) is 0 Å². The van der Waals surface area contributed by atoms with Gasteiger partial charge in [0.05, 0.1) is 0 Å². The minimum Gasteiger partial charge on any atom is -0.289 e. The Labute approximate surface area is 105 Å². The highest BCUT2D eigenvalue weighted by atomic mass is 35.5. The number of rotatable bonds is 6. The molecule has 0 amide bonds. The Morgan fingerprint density at radius 2 is 1.62 bits per heavy atom. The van der Waals surface area contributed by atoms with Gasteiger partial charge in [0.1, 0.15) is 0 Å². The molecule has 0 fully saturated rings. The maximum absolute atomic E-state index is 3.78. The topological polar surface area (TPSA) is 3.24 Å². The molecule has 0 spiro atoms. The minimum absolute atomic E-state index is 0. The molecule has 1 unspecified atom stereocenters. The molecule has 0 aromatic heterocycles. The molecule has 0 bridgehead atoms. The Kier molecular flexibility index (Phi) is 7.61. The van der Waals surface area contributed by atoms with Crippen LogP contribution in [-0.4, -0.2) is 18.0 Å². The fraction of sp³-hybridized carbons (Fsp3) is 0.286. The van der Waals surface area contributed by atoms with Crippen molar-refractivity contribution in [1.29, 1.82) is 0 Å². The molecule has 0 saturated carbocycles. The zero-order chi connectivity index (χ0) is 11.1. The predicted octanol–water partition coefficient (Wildman–Crippen LogP) is 3.84. The lowest BCUT2D eigenvalue weighted by atomic mass is 10.1. The largest absolute Gasteiger partial charge is 0.289 e. The molecule has 0 aliphatic rings. The van der Waals surface area contributed by atoms with Gasteiger partial charge in [0, 0.05) is 19.1 Å². The highest BCUT2D eigenvalue weighted by Gasteiger charge is 2.12. The summed E-state index contributed by atoms with van der Waals surface area (Å²) in [5, 5.41) is 0. The Morgan fingerprint density at radius 1 is 1.12 bits per heavy atom. The van der Waals surface area contributed by atoms with E-state index in [4.69, 9.17) is 0 Å². The van der Waals surface area contributed by atoms with Crippen LogP contribution in [0.1, 0.15) is 18.5 Å². The van der Waals surface area contributed by atoms with E-state index >= 15 is 0 Å². The van der Waals surface area contributed by atoms with Crippen LogP contribution in [-0.2, 0) is 0 Å². The number of nitrogens with zero attached hydrogens (tertiary/aromatic N) is 1. The van der Waals surface area contributed by atoms with E-state index in [0.29, 0.717) is 6.04 Å². The number of benzene rings is 1. The Morgan fingerprint density at radius 3 is 2.06 bits per heavy atom. The van der Waals surface area contributed by atoms with Crippen LogP contribution in [0.5, 0.6) is 0 Å². The molecule has 1 aromatic rings. The number of hydrogen-bond donors (Lipinski definition) is 0. The van der Waals surface area contributed by atoms with E-state index in [1.165, 1.54) is 5.56 Å². The van der Waals surface area contributed by atoms with Gasteiger partial charge < -0.3 is 0 Å². The summed E-state index contributed by atoms with van der Waals surface area (Å²) in [5.74, 6) is 0. The van der Waals surface area contributed by atoms with E-state index in [1.807, 2.05) is 18.2 Å². The molecule has 0 aliphatic heterocycles. The molecule has 0 radical (unpaired) electrons. The second-order valence-electron chi connectivity index (χ2n) is 3.62. The zero-order valence-electron chi connectivity index (χ0n) is 9.80. The van der Waals surface area contributed by atoms with E-state index < -0.39 is 0 Å². The smallest absolute Gasteiger partial charge is 0.0326 e. The number of hydrogen-bond acceptors (Lipinski definition) is 1. The monoisotopic (exact) mass is 237 g/mol. The van der Waals surface area contributed by atoms with Crippen molar-refractivity contribution in [2.45, 2.75) is 13.0 Å². The summed E-state index contributed by atoms with van der Waals surface area (Å²) in [4.78, 5) is 2.33. The first-order chi connectivity index (χ1) is 7.29. The van der Waals surface area contributed by atoms with Gasteiger partial charge >= 0.3 is 0 Å². The van der Waals surface area contributed by atoms with Crippen molar-refractivity contribution in [2.75, 3.05) is 13.1 Å². The van der Waals surface area contributed by atoms with Gasteiger partial charge in [0.15, 0.2) is 0 Å². The maximum atomic E-state index is 3.78. The highest BCUT2D eigenvalue weighted by molar-refractivity contribution is 5.85. The fourth-order valence-electron chi connectivity index (χ4n) is 1.66. The van der Waals surface area contributed by atoms with Crippen LogP contribution >= 0.6 is 12.4 Å². The summed E-state index contributed by atoms with van der Waals surface area (Å²) >= 11 is 0. The molecule has 16 heavy (non-hydrogen) atoms. The third-order valence-electron chi connectivity index (χ3n) is 2.56. The Bertz CT molecular complexity index is 298. The lowest BCUT2D eigenvalue weighted by molar-refractivity contribution is 0.260. The quantitative estimate of drug-likeness (QED) is 0.680. The molecular weight excluding hydrogens is 218 g/mol. The lowest BCUT2D eigenvalue weighted by Crippen LogP contribution is -2.27. The van der Waals surface area contributed by atoms with Gasteiger partial charge in [-0.05, 0) is 12.5 Å². The summed E-state index contributed by atoms with van der Waals surface area (Å²) in [5.41, 5.74) is 1.33. The van der Waals surface area contributed by atoms with Crippen molar-refractivity contribution >= 4 is 12.4 Å². The molecule has 0 aliphatic carbocycles. The van der Waals surface area contributed by atoms with Crippen molar-refractivity contribution in [1.82, 2.24) is 4.90 Å². The van der Waals surface area contributed by atoms with Gasteiger partial charge in [-0.1, -0.05) is 42.5 Å². The van der Waals surface area contributed by atoms with Crippen molar-refractivity contribution in [3.63, 3.8) is 0 Å². The van der Waals surface area contributed by atoms with Crippen molar-refractivity contribution in [3.05, 3.63) is 61.2 Å². The average Bonchev–Trinajstić information content (AvgIpc) is 2.29. The molecule has 88 valence electrons. The first kappa shape index (κ1) is 14.9. The zero-order valence-corrected chi connectivity index (χ0v) is 10.6. The van der Waals surface area contributed by atoms with Crippen LogP contribution in [0.3, 0.4) is 0 Å². The highest BCUT2D eigenvalue weighted by Crippen LogP contribution is 2.19. The van der Waals surface area contributed by atoms with Crippen molar-refractivity contribution in [2.24, 2.45) is 0 Å². The third kappa shape index (κ3) is 4.21. The van der Waals surface area contributed by atoms with Crippen LogP contribution in [0, 0.1) is 0 Å². The fourth-order valence-corrected chi connectivity index (χ4v) is 1.66. The molecule has 0 heterocycles. The predicted molar refractivity (Wildman–Crippen MR) is 74.1 cm³/mol. The molecule has 1 nitrogen and oxygen atoms in total. The first-order valence-corrected chi connectivity index (χ1v) is 5.30. The number of halogens is 1.